The van der Waals surface area contributed by atoms with E-state index in [1.165, 1.54) is 23.8 Å². The number of rotatable bonds is 5. The summed E-state index contributed by atoms with van der Waals surface area (Å²) >= 11 is 0. The number of hydrogen-bond acceptors (Lipinski definition) is 3. The quantitative estimate of drug-likeness (QED) is 0.578. The Morgan fingerprint density at radius 1 is 1.00 bits per heavy atom. The Hall–Kier alpha value is -2.49. The van der Waals surface area contributed by atoms with Gasteiger partial charge in [0, 0.05) is 12.1 Å². The van der Waals surface area contributed by atoms with Crippen molar-refractivity contribution in [2.24, 2.45) is 0 Å². The number of hydrogen-bond donors (Lipinski definition) is 3. The molecule has 2 aromatic rings. The number of carbonyl (C=O) groups excluding carboxylic acids is 1. The lowest BCUT2D eigenvalue weighted by Crippen LogP contribution is -2.24. The van der Waals surface area contributed by atoms with Gasteiger partial charge in [-0.2, -0.15) is 0 Å². The van der Waals surface area contributed by atoms with Gasteiger partial charge in [-0.3, -0.25) is 4.79 Å². The van der Waals surface area contributed by atoms with Gasteiger partial charge >= 0.3 is 0 Å². The molecule has 0 radical (unpaired) electrons. The van der Waals surface area contributed by atoms with Crippen molar-refractivity contribution < 1.29 is 15.0 Å². The zero-order valence-corrected chi connectivity index (χ0v) is 11.0. The lowest BCUT2D eigenvalue weighted by Gasteiger charge is -2.06. The number of phenols is 2. The van der Waals surface area contributed by atoms with Crippen molar-refractivity contribution in [1.82, 2.24) is 5.32 Å². The van der Waals surface area contributed by atoms with E-state index in [0.717, 1.165) is 12.8 Å². The van der Waals surface area contributed by atoms with E-state index < -0.39 is 0 Å². The Bertz CT molecular complexity index is 582. The van der Waals surface area contributed by atoms with Gasteiger partial charge in [-0.1, -0.05) is 30.3 Å². The first-order chi connectivity index (χ1) is 9.66. The fourth-order valence-corrected chi connectivity index (χ4v) is 1.91. The highest BCUT2D eigenvalue weighted by Crippen LogP contribution is 2.24. The molecule has 0 aliphatic rings. The lowest BCUT2D eigenvalue weighted by atomic mass is 10.1. The minimum Gasteiger partial charge on any atom is -0.504 e. The number of amides is 1. The standard InChI is InChI=1S/C16H17NO3/c18-14-9-8-13(11-15(14)19)16(20)17-10-4-7-12-5-2-1-3-6-12/h1-3,5-6,8-9,11,18-19H,4,7,10H2,(H,17,20). The number of phenolic OH excluding ortho intramolecular Hbond substituents is 2. The Balaban J connectivity index is 1.79. The van der Waals surface area contributed by atoms with E-state index in [9.17, 15) is 15.0 Å². The number of benzene rings is 2. The van der Waals surface area contributed by atoms with E-state index in [0.29, 0.717) is 12.1 Å². The molecule has 3 N–H and O–H groups in total. The second-order valence-corrected chi connectivity index (χ2v) is 4.55. The summed E-state index contributed by atoms with van der Waals surface area (Å²) in [4.78, 5) is 11.8. The molecule has 0 saturated heterocycles. The molecule has 0 bridgehead atoms. The van der Waals surface area contributed by atoms with E-state index in [1.807, 2.05) is 18.2 Å². The fourth-order valence-electron chi connectivity index (χ4n) is 1.91. The molecule has 0 fully saturated rings. The van der Waals surface area contributed by atoms with Crippen LogP contribution >= 0.6 is 0 Å². The molecule has 4 heteroatoms. The average molecular weight is 271 g/mol. The molecular weight excluding hydrogens is 254 g/mol. The van der Waals surface area contributed by atoms with Gasteiger partial charge < -0.3 is 15.5 Å². The Morgan fingerprint density at radius 2 is 1.75 bits per heavy atom. The fraction of sp³-hybridized carbons (Fsp3) is 0.188. The van der Waals surface area contributed by atoms with Gasteiger partial charge in [-0.25, -0.2) is 0 Å². The first-order valence-corrected chi connectivity index (χ1v) is 6.51. The van der Waals surface area contributed by atoms with Crippen molar-refractivity contribution in [3.05, 3.63) is 59.7 Å². The maximum absolute atomic E-state index is 11.8. The highest BCUT2D eigenvalue weighted by molar-refractivity contribution is 5.94. The van der Waals surface area contributed by atoms with Crippen LogP contribution in [0.1, 0.15) is 22.3 Å². The lowest BCUT2D eigenvalue weighted by molar-refractivity contribution is 0.0953. The van der Waals surface area contributed by atoms with Crippen molar-refractivity contribution in [2.75, 3.05) is 6.54 Å². The zero-order valence-electron chi connectivity index (χ0n) is 11.0. The van der Waals surface area contributed by atoms with Crippen LogP contribution in [0.3, 0.4) is 0 Å². The molecule has 0 aliphatic heterocycles. The molecule has 104 valence electrons. The van der Waals surface area contributed by atoms with Gasteiger partial charge in [0.05, 0.1) is 0 Å². The summed E-state index contributed by atoms with van der Waals surface area (Å²) in [5, 5.41) is 21.3. The van der Waals surface area contributed by atoms with Crippen molar-refractivity contribution in [1.29, 1.82) is 0 Å². The van der Waals surface area contributed by atoms with Crippen molar-refractivity contribution in [3.63, 3.8) is 0 Å². The highest BCUT2D eigenvalue weighted by Gasteiger charge is 2.07. The van der Waals surface area contributed by atoms with E-state index in [1.54, 1.807) is 0 Å². The molecule has 2 aromatic carbocycles. The third-order valence-corrected chi connectivity index (χ3v) is 3.01. The molecule has 0 heterocycles. The van der Waals surface area contributed by atoms with Crippen molar-refractivity contribution in [2.45, 2.75) is 12.8 Å². The van der Waals surface area contributed by atoms with Crippen LogP contribution in [0.4, 0.5) is 0 Å². The zero-order chi connectivity index (χ0) is 14.4. The molecular formula is C16H17NO3. The van der Waals surface area contributed by atoms with Gasteiger partial charge in [0.1, 0.15) is 0 Å². The van der Waals surface area contributed by atoms with Gasteiger partial charge in [0.15, 0.2) is 11.5 Å². The van der Waals surface area contributed by atoms with Crippen LogP contribution in [-0.2, 0) is 6.42 Å². The molecule has 0 saturated carbocycles. The summed E-state index contributed by atoms with van der Waals surface area (Å²) in [7, 11) is 0. The van der Waals surface area contributed by atoms with Crippen LogP contribution in [0.5, 0.6) is 11.5 Å². The van der Waals surface area contributed by atoms with E-state index in [4.69, 9.17) is 0 Å². The predicted molar refractivity (Wildman–Crippen MR) is 76.9 cm³/mol. The first kappa shape index (κ1) is 13.9. The number of aromatic hydroxyl groups is 2. The second-order valence-electron chi connectivity index (χ2n) is 4.55. The predicted octanol–water partition coefficient (Wildman–Crippen LogP) is 2.46. The average Bonchev–Trinajstić information content (AvgIpc) is 2.47. The molecule has 0 atom stereocenters. The largest absolute Gasteiger partial charge is 0.504 e. The van der Waals surface area contributed by atoms with E-state index in [2.05, 4.69) is 17.4 Å². The molecule has 4 nitrogen and oxygen atoms in total. The summed E-state index contributed by atoms with van der Waals surface area (Å²) in [5.41, 5.74) is 1.57. The summed E-state index contributed by atoms with van der Waals surface area (Å²) in [6, 6.07) is 14.1. The number of aryl methyl sites for hydroxylation is 1. The maximum atomic E-state index is 11.8. The highest BCUT2D eigenvalue weighted by atomic mass is 16.3. The van der Waals surface area contributed by atoms with Gasteiger partial charge in [0.2, 0.25) is 0 Å². The molecule has 0 aliphatic carbocycles. The van der Waals surface area contributed by atoms with E-state index in [-0.39, 0.29) is 17.4 Å². The molecule has 0 unspecified atom stereocenters. The maximum Gasteiger partial charge on any atom is 0.251 e. The van der Waals surface area contributed by atoms with Crippen molar-refractivity contribution in [3.8, 4) is 11.5 Å². The third kappa shape index (κ3) is 3.75. The smallest absolute Gasteiger partial charge is 0.251 e. The third-order valence-electron chi connectivity index (χ3n) is 3.01. The Kier molecular flexibility index (Phi) is 4.60. The molecule has 1 amide bonds. The van der Waals surface area contributed by atoms with Crippen LogP contribution in [0.15, 0.2) is 48.5 Å². The Morgan fingerprint density at radius 3 is 2.45 bits per heavy atom. The molecule has 20 heavy (non-hydrogen) atoms. The van der Waals surface area contributed by atoms with Crippen LogP contribution in [-0.4, -0.2) is 22.7 Å². The van der Waals surface area contributed by atoms with Crippen LogP contribution in [0.2, 0.25) is 0 Å². The molecule has 0 aromatic heterocycles. The molecule has 2 rings (SSSR count). The van der Waals surface area contributed by atoms with Crippen LogP contribution < -0.4 is 5.32 Å². The summed E-state index contributed by atoms with van der Waals surface area (Å²) in [6.07, 6.45) is 1.75. The minimum absolute atomic E-state index is 0.231. The van der Waals surface area contributed by atoms with Gasteiger partial charge in [-0.15, -0.1) is 0 Å². The van der Waals surface area contributed by atoms with Gasteiger partial charge in [-0.05, 0) is 36.6 Å². The van der Waals surface area contributed by atoms with Gasteiger partial charge in [0.25, 0.3) is 5.91 Å². The summed E-state index contributed by atoms with van der Waals surface area (Å²) in [6.45, 7) is 0.565. The van der Waals surface area contributed by atoms with Crippen LogP contribution in [0, 0.1) is 0 Å². The number of carbonyl (C=O) groups is 1. The minimum atomic E-state index is -0.290. The van der Waals surface area contributed by atoms with Crippen LogP contribution in [0.25, 0.3) is 0 Å². The Labute approximate surface area is 117 Å². The summed E-state index contributed by atoms with van der Waals surface area (Å²) < 4.78 is 0. The summed E-state index contributed by atoms with van der Waals surface area (Å²) in [5.74, 6) is -0.777. The van der Waals surface area contributed by atoms with E-state index >= 15 is 0 Å². The SMILES string of the molecule is O=C(NCCCc1ccccc1)c1ccc(O)c(O)c1. The second kappa shape index (κ2) is 6.61. The first-order valence-electron chi connectivity index (χ1n) is 6.51. The van der Waals surface area contributed by atoms with Crippen molar-refractivity contribution >= 4 is 5.91 Å². The normalized spacial score (nSPS) is 10.2. The topological polar surface area (TPSA) is 69.6 Å². The number of nitrogens with one attached hydrogen (secondary N) is 1. The monoisotopic (exact) mass is 271 g/mol. The molecule has 0 spiro atoms.